The van der Waals surface area contributed by atoms with Crippen LogP contribution in [0.3, 0.4) is 0 Å². The molecule has 1 amide bonds. The van der Waals surface area contributed by atoms with Gasteiger partial charge in [-0.1, -0.05) is 51.1 Å². The van der Waals surface area contributed by atoms with E-state index in [0.29, 0.717) is 35.3 Å². The van der Waals surface area contributed by atoms with Crippen LogP contribution in [0.5, 0.6) is 0 Å². The van der Waals surface area contributed by atoms with Crippen LogP contribution in [0.25, 0.3) is 11.1 Å². The van der Waals surface area contributed by atoms with Crippen LogP contribution in [-0.4, -0.2) is 65.1 Å². The Morgan fingerprint density at radius 2 is 1.93 bits per heavy atom. The molecule has 0 spiro atoms. The summed E-state index contributed by atoms with van der Waals surface area (Å²) < 4.78 is 5.01. The lowest BCUT2D eigenvalue weighted by Crippen LogP contribution is -2.62. The molecule has 3 aliphatic carbocycles. The van der Waals surface area contributed by atoms with E-state index in [1.807, 2.05) is 42.5 Å². The third-order valence-corrected chi connectivity index (χ3v) is 10.0. The smallest absolute Gasteiger partial charge is 0.240 e. The summed E-state index contributed by atoms with van der Waals surface area (Å²) in [6.07, 6.45) is 0.705. The van der Waals surface area contributed by atoms with E-state index in [9.17, 15) is 15.0 Å². The molecule has 2 aromatic carbocycles. The topological polar surface area (TPSA) is 115 Å². The number of nitrogens with one attached hydrogen (secondary N) is 2. The lowest BCUT2D eigenvalue weighted by Gasteiger charge is -2.62. The Kier molecular flexibility index (Phi) is 8.08. The Balaban J connectivity index is 1.35. The maximum Gasteiger partial charge on any atom is 0.240 e. The van der Waals surface area contributed by atoms with Gasteiger partial charge in [0.2, 0.25) is 11.8 Å². The summed E-state index contributed by atoms with van der Waals surface area (Å²) in [5, 5.41) is 33.6. The van der Waals surface area contributed by atoms with Crippen molar-refractivity contribution >= 4 is 11.8 Å². The predicted octanol–water partition coefficient (Wildman–Crippen LogP) is 3.99. The number of fused-ring (bicyclic) bond motifs is 2. The molecule has 216 valence electrons. The second-order valence-electron chi connectivity index (χ2n) is 12.5. The number of hydroxylamine groups is 2. The molecule has 8 heteroatoms. The Morgan fingerprint density at radius 3 is 2.52 bits per heavy atom. The Hall–Kier alpha value is -2.78. The number of carbonyl (C=O) groups excluding carboxylic acids is 1. The molecule has 0 aromatic heterocycles. The molecule has 40 heavy (non-hydrogen) atoms. The molecule has 4 aliphatic rings. The fourth-order valence-electron chi connectivity index (χ4n) is 7.45. The molecule has 2 bridgehead atoms. The van der Waals surface area contributed by atoms with Crippen LogP contribution in [0, 0.1) is 34.5 Å². The molecule has 4 N–H and O–H groups in total. The molecule has 1 saturated heterocycles. The van der Waals surface area contributed by atoms with Gasteiger partial charge in [-0.25, -0.2) is 0 Å². The van der Waals surface area contributed by atoms with Crippen LogP contribution >= 0.6 is 0 Å². The minimum Gasteiger partial charge on any atom is -0.481 e. The molecule has 6 rings (SSSR count). The zero-order valence-electron chi connectivity index (χ0n) is 24.1. The maximum absolute atomic E-state index is 13.9. The second-order valence-corrected chi connectivity index (χ2v) is 12.5. The first-order valence-corrected chi connectivity index (χ1v) is 14.4. The van der Waals surface area contributed by atoms with Gasteiger partial charge in [-0.2, -0.15) is 5.06 Å². The van der Waals surface area contributed by atoms with Crippen LogP contribution in [0.1, 0.15) is 51.7 Å². The zero-order chi connectivity index (χ0) is 28.8. The van der Waals surface area contributed by atoms with Crippen molar-refractivity contribution in [2.24, 2.45) is 29.1 Å². The summed E-state index contributed by atoms with van der Waals surface area (Å²) in [6, 6.07) is 15.0. The van der Waals surface area contributed by atoms with E-state index in [4.69, 9.17) is 15.0 Å². The average molecular weight is 550 g/mol. The highest BCUT2D eigenvalue weighted by molar-refractivity contribution is 5.92. The monoisotopic (exact) mass is 549 g/mol. The van der Waals surface area contributed by atoms with E-state index in [2.05, 4.69) is 32.2 Å². The first-order valence-electron chi connectivity index (χ1n) is 14.4. The van der Waals surface area contributed by atoms with E-state index in [-0.39, 0.29) is 24.5 Å². The zero-order valence-corrected chi connectivity index (χ0v) is 24.1. The van der Waals surface area contributed by atoms with Crippen LogP contribution in [0.2, 0.25) is 0 Å². The fourth-order valence-corrected chi connectivity index (χ4v) is 7.45. The number of aliphatic hydroxyl groups is 2. The summed E-state index contributed by atoms with van der Waals surface area (Å²) in [7, 11) is 1.48. The molecular weight excluding hydrogens is 506 g/mol. The van der Waals surface area contributed by atoms with Gasteiger partial charge in [0.1, 0.15) is 12.1 Å². The largest absolute Gasteiger partial charge is 0.481 e. The van der Waals surface area contributed by atoms with Gasteiger partial charge in [0.05, 0.1) is 26.4 Å². The van der Waals surface area contributed by atoms with E-state index in [1.165, 1.54) is 13.5 Å². The number of hydrogen-bond donors (Lipinski definition) is 4. The summed E-state index contributed by atoms with van der Waals surface area (Å²) in [6.45, 7) is 8.64. The highest BCUT2D eigenvalue weighted by Crippen LogP contribution is 2.61. The predicted molar refractivity (Wildman–Crippen MR) is 153 cm³/mol. The molecule has 8 atom stereocenters. The molecule has 1 heterocycles. The number of methoxy groups -OCH3 is 1. The summed E-state index contributed by atoms with van der Waals surface area (Å²) in [4.78, 5) is 20.0. The first kappa shape index (κ1) is 28.7. The molecule has 2 aromatic rings. The number of hydrogen-bond acceptors (Lipinski definition) is 7. The van der Waals surface area contributed by atoms with Gasteiger partial charge < -0.3 is 20.3 Å². The van der Waals surface area contributed by atoms with Crippen molar-refractivity contribution in [3.05, 3.63) is 59.7 Å². The van der Waals surface area contributed by atoms with Crippen molar-refractivity contribution in [3.63, 3.8) is 0 Å². The Morgan fingerprint density at radius 1 is 1.20 bits per heavy atom. The molecule has 4 fully saturated rings. The van der Waals surface area contributed by atoms with Crippen molar-refractivity contribution < 1.29 is 24.6 Å². The highest BCUT2D eigenvalue weighted by Gasteiger charge is 2.57. The van der Waals surface area contributed by atoms with Crippen molar-refractivity contribution in [3.8, 4) is 11.1 Å². The number of rotatable bonds is 8. The van der Waals surface area contributed by atoms with E-state index in [0.717, 1.165) is 23.1 Å². The standard InChI is InChI=1S/C32H43N3O5/c1-18-25-14-24(32(25,3)4)15-26(18)34-31(38)29-28(19(2)37)27(17-36)40-35(29)16-20-7-6-8-23(13-20)21-9-11-22(12-10-21)30(33)39-5/h6-13,18-19,24-29,33,36-37H,14-17H2,1-5H3,(H,34,38)/t18-,19-,24-,25+,26?,27-,28+,29-/m0/s1. The quantitative estimate of drug-likeness (QED) is 0.293. The van der Waals surface area contributed by atoms with E-state index >= 15 is 0 Å². The molecule has 1 unspecified atom stereocenters. The summed E-state index contributed by atoms with van der Waals surface area (Å²) >= 11 is 0. The number of carbonyl (C=O) groups is 1. The van der Waals surface area contributed by atoms with Crippen molar-refractivity contribution in [2.75, 3.05) is 13.7 Å². The van der Waals surface area contributed by atoms with Crippen molar-refractivity contribution in [1.82, 2.24) is 10.4 Å². The van der Waals surface area contributed by atoms with Crippen LogP contribution in [0.4, 0.5) is 0 Å². The molecular formula is C32H43N3O5. The molecule has 1 aliphatic heterocycles. The van der Waals surface area contributed by atoms with Gasteiger partial charge in [-0.3, -0.25) is 15.0 Å². The maximum atomic E-state index is 13.9. The van der Waals surface area contributed by atoms with Gasteiger partial charge in [0.15, 0.2) is 0 Å². The number of amides is 1. The lowest BCUT2D eigenvalue weighted by molar-refractivity contribution is -0.183. The third-order valence-electron chi connectivity index (χ3n) is 10.0. The van der Waals surface area contributed by atoms with Gasteiger partial charge >= 0.3 is 0 Å². The number of nitrogens with zero attached hydrogens (tertiary/aromatic N) is 1. The average Bonchev–Trinajstić information content (AvgIpc) is 3.32. The van der Waals surface area contributed by atoms with Crippen LogP contribution in [0.15, 0.2) is 48.5 Å². The fraction of sp³-hybridized carbons (Fsp3) is 0.562. The van der Waals surface area contributed by atoms with Gasteiger partial charge in [-0.15, -0.1) is 0 Å². The Bertz CT molecular complexity index is 1230. The normalized spacial score (nSPS) is 31.7. The summed E-state index contributed by atoms with van der Waals surface area (Å²) in [5.74, 6) is 1.01. The van der Waals surface area contributed by atoms with Gasteiger partial charge in [0, 0.05) is 17.5 Å². The number of ether oxygens (including phenoxy) is 1. The van der Waals surface area contributed by atoms with Gasteiger partial charge in [0.25, 0.3) is 0 Å². The SMILES string of the molecule is COC(=N)c1ccc(-c2cccc(CN3O[C@@H](CO)[C@@H]([C@H](C)O)[C@H]3C(=O)NC3C[C@@H]4C[C@H]([C@@H]3C)C4(C)C)c2)cc1. The van der Waals surface area contributed by atoms with Crippen molar-refractivity contribution in [1.29, 1.82) is 5.41 Å². The minimum absolute atomic E-state index is 0.0971. The van der Waals surface area contributed by atoms with E-state index < -0.39 is 24.2 Å². The van der Waals surface area contributed by atoms with Gasteiger partial charge in [-0.05, 0) is 77.8 Å². The van der Waals surface area contributed by atoms with Crippen molar-refractivity contribution in [2.45, 2.75) is 71.4 Å². The number of aliphatic hydroxyl groups excluding tert-OH is 2. The first-order chi connectivity index (χ1) is 19.0. The highest BCUT2D eigenvalue weighted by atomic mass is 16.7. The second kappa shape index (κ2) is 11.2. The molecule has 3 saturated carbocycles. The Labute approximate surface area is 237 Å². The van der Waals surface area contributed by atoms with Crippen LogP contribution in [-0.2, 0) is 20.9 Å². The minimum atomic E-state index is -0.829. The van der Waals surface area contributed by atoms with Crippen LogP contribution < -0.4 is 5.32 Å². The lowest BCUT2D eigenvalue weighted by atomic mass is 9.45. The van der Waals surface area contributed by atoms with E-state index in [1.54, 1.807) is 12.0 Å². The number of benzene rings is 2. The molecule has 0 radical (unpaired) electrons. The third kappa shape index (κ3) is 5.18. The summed E-state index contributed by atoms with van der Waals surface area (Å²) in [5.41, 5.74) is 3.96. The molecule has 8 nitrogen and oxygen atoms in total.